The van der Waals surface area contributed by atoms with Crippen LogP contribution in [0.3, 0.4) is 0 Å². The van der Waals surface area contributed by atoms with Crippen molar-refractivity contribution in [2.45, 2.75) is 13.1 Å². The average Bonchev–Trinajstić information content (AvgIpc) is 3.02. The number of nitrogens with zero attached hydrogens (tertiary/aromatic N) is 3. The van der Waals surface area contributed by atoms with Gasteiger partial charge in [-0.3, -0.25) is 0 Å². The molecule has 0 saturated carbocycles. The summed E-state index contributed by atoms with van der Waals surface area (Å²) in [6.07, 6.45) is -3.06. The van der Waals surface area contributed by atoms with Crippen LogP contribution in [0.2, 0.25) is 0 Å². The lowest BCUT2D eigenvalue weighted by molar-refractivity contribution is -0.192. The van der Waals surface area contributed by atoms with Crippen LogP contribution in [0.4, 0.5) is 24.9 Å². The zero-order valence-corrected chi connectivity index (χ0v) is 16.0. The van der Waals surface area contributed by atoms with Gasteiger partial charge in [0, 0.05) is 24.2 Å². The first kappa shape index (κ1) is 20.9. The van der Waals surface area contributed by atoms with Crippen LogP contribution in [0.5, 0.6) is 0 Å². The smallest absolute Gasteiger partial charge is 0.475 e. The van der Waals surface area contributed by atoms with Crippen molar-refractivity contribution < 1.29 is 23.1 Å². The molecule has 5 N–H and O–H groups in total. The molecule has 0 atom stereocenters. The molecule has 0 aliphatic heterocycles. The highest BCUT2D eigenvalue weighted by Gasteiger charge is 2.38. The van der Waals surface area contributed by atoms with E-state index in [0.717, 1.165) is 32.9 Å². The quantitative estimate of drug-likeness (QED) is 0.432. The van der Waals surface area contributed by atoms with Gasteiger partial charge in [-0.25, -0.2) is 9.78 Å². The summed E-state index contributed by atoms with van der Waals surface area (Å²) in [5.41, 5.74) is 17.2. The van der Waals surface area contributed by atoms with E-state index in [1.54, 1.807) is 0 Å². The van der Waals surface area contributed by atoms with Crippen molar-refractivity contribution >= 4 is 39.5 Å². The van der Waals surface area contributed by atoms with Crippen molar-refractivity contribution in [3.63, 3.8) is 0 Å². The van der Waals surface area contributed by atoms with Crippen LogP contribution in [0.25, 0.3) is 32.9 Å². The van der Waals surface area contributed by atoms with E-state index in [9.17, 15) is 13.2 Å². The van der Waals surface area contributed by atoms with Crippen LogP contribution in [0.15, 0.2) is 42.6 Å². The Hall–Kier alpha value is -3.82. The highest BCUT2D eigenvalue weighted by molar-refractivity contribution is 6.15. The summed E-state index contributed by atoms with van der Waals surface area (Å²) < 4.78 is 33.8. The molecule has 2 aromatic heterocycles. The first-order valence-corrected chi connectivity index (χ1v) is 8.67. The van der Waals surface area contributed by atoms with Crippen molar-refractivity contribution in [2.24, 2.45) is 7.05 Å². The molecule has 30 heavy (non-hydrogen) atoms. The highest BCUT2D eigenvalue weighted by atomic mass is 19.4. The van der Waals surface area contributed by atoms with Crippen LogP contribution in [0, 0.1) is 6.92 Å². The van der Waals surface area contributed by atoms with E-state index < -0.39 is 12.1 Å². The maximum absolute atomic E-state index is 10.6. The van der Waals surface area contributed by atoms with Crippen molar-refractivity contribution in [1.29, 1.82) is 0 Å². The number of aliphatic carboxylic acids is 1. The minimum atomic E-state index is -5.08. The van der Waals surface area contributed by atoms with Gasteiger partial charge in [0.25, 0.3) is 0 Å². The van der Waals surface area contributed by atoms with Crippen molar-refractivity contribution in [2.75, 3.05) is 11.5 Å². The summed E-state index contributed by atoms with van der Waals surface area (Å²) in [6.45, 7) is 2.09. The Labute approximate surface area is 168 Å². The van der Waals surface area contributed by atoms with E-state index in [1.165, 1.54) is 5.56 Å². The van der Waals surface area contributed by atoms with Gasteiger partial charge in [0.05, 0.1) is 16.4 Å². The fourth-order valence-electron chi connectivity index (χ4n) is 3.20. The monoisotopic (exact) mass is 417 g/mol. The largest absolute Gasteiger partial charge is 0.490 e. The third-order valence-corrected chi connectivity index (χ3v) is 4.43. The number of benzene rings is 2. The van der Waals surface area contributed by atoms with Crippen molar-refractivity contribution in [3.05, 3.63) is 48.2 Å². The number of fused-ring (bicyclic) bond motifs is 3. The molecular formula is C20H18F3N5O2. The molecule has 10 heteroatoms. The summed E-state index contributed by atoms with van der Waals surface area (Å²) >= 11 is 0. The Morgan fingerprint density at radius 3 is 2.40 bits per heavy atom. The van der Waals surface area contributed by atoms with Gasteiger partial charge >= 0.3 is 12.1 Å². The minimum absolute atomic E-state index is 0.195. The Bertz CT molecular complexity index is 1260. The SMILES string of the molecule is Cc1cccc(-c2cc3nc(N)nc(N)c3c3ccn(C)c23)c1.O=C(O)C(F)(F)F. The molecule has 0 fully saturated rings. The van der Waals surface area contributed by atoms with Crippen LogP contribution in [-0.2, 0) is 11.8 Å². The zero-order chi connectivity index (χ0) is 22.2. The van der Waals surface area contributed by atoms with Gasteiger partial charge in [-0.1, -0.05) is 29.8 Å². The number of nitrogen functional groups attached to an aromatic ring is 2. The van der Waals surface area contributed by atoms with Crippen LogP contribution < -0.4 is 11.5 Å². The molecular weight excluding hydrogens is 399 g/mol. The maximum atomic E-state index is 10.6. The third-order valence-electron chi connectivity index (χ3n) is 4.43. The molecule has 2 aromatic carbocycles. The first-order valence-electron chi connectivity index (χ1n) is 8.67. The second kappa shape index (κ2) is 7.54. The number of carboxylic acid groups (broad SMARTS) is 1. The van der Waals surface area contributed by atoms with Gasteiger partial charge in [-0.2, -0.15) is 18.2 Å². The van der Waals surface area contributed by atoms with Gasteiger partial charge in [-0.15, -0.1) is 0 Å². The predicted octanol–water partition coefficient (Wildman–Crippen LogP) is 3.89. The normalized spacial score (nSPS) is 11.4. The van der Waals surface area contributed by atoms with E-state index >= 15 is 0 Å². The summed E-state index contributed by atoms with van der Waals surface area (Å²) in [6, 6.07) is 12.5. The molecule has 4 aromatic rings. The molecule has 0 amide bonds. The van der Waals surface area contributed by atoms with Crippen molar-refractivity contribution in [3.8, 4) is 11.1 Å². The number of aryl methyl sites for hydroxylation is 2. The summed E-state index contributed by atoms with van der Waals surface area (Å²) in [7, 11) is 2.03. The number of alkyl halides is 3. The number of carboxylic acids is 1. The van der Waals surface area contributed by atoms with Crippen LogP contribution >= 0.6 is 0 Å². The molecule has 0 spiro atoms. The number of nitrogens with two attached hydrogens (primary N) is 2. The lowest BCUT2D eigenvalue weighted by atomic mass is 9.98. The average molecular weight is 417 g/mol. The number of hydrogen-bond acceptors (Lipinski definition) is 5. The van der Waals surface area contributed by atoms with Crippen molar-refractivity contribution in [1.82, 2.24) is 14.5 Å². The Kier molecular flexibility index (Phi) is 5.26. The predicted molar refractivity (Wildman–Crippen MR) is 109 cm³/mol. The third kappa shape index (κ3) is 3.97. The maximum Gasteiger partial charge on any atom is 0.490 e. The molecule has 4 rings (SSSR count). The van der Waals surface area contributed by atoms with Gasteiger partial charge in [0.2, 0.25) is 5.95 Å². The number of hydrogen-bond donors (Lipinski definition) is 3. The number of halogens is 3. The lowest BCUT2D eigenvalue weighted by Gasteiger charge is -2.11. The van der Waals surface area contributed by atoms with Gasteiger partial charge in [0.15, 0.2) is 0 Å². The van der Waals surface area contributed by atoms with E-state index in [4.69, 9.17) is 21.4 Å². The molecule has 156 valence electrons. The Balaban J connectivity index is 0.000000318. The summed E-state index contributed by atoms with van der Waals surface area (Å²) in [5.74, 6) is -2.15. The van der Waals surface area contributed by atoms with Gasteiger partial charge in [-0.05, 0) is 24.6 Å². The molecule has 0 bridgehead atoms. The fourth-order valence-corrected chi connectivity index (χ4v) is 3.20. The first-order chi connectivity index (χ1) is 14.0. The van der Waals surface area contributed by atoms with E-state index in [2.05, 4.69) is 45.7 Å². The molecule has 0 aliphatic carbocycles. The van der Waals surface area contributed by atoms with Gasteiger partial charge in [0.1, 0.15) is 5.82 Å². The molecule has 0 unspecified atom stereocenters. The fraction of sp³-hybridized carbons (Fsp3) is 0.150. The summed E-state index contributed by atoms with van der Waals surface area (Å²) in [4.78, 5) is 17.4. The second-order valence-electron chi connectivity index (χ2n) is 6.65. The molecule has 2 heterocycles. The minimum Gasteiger partial charge on any atom is -0.475 e. The standard InChI is InChI=1S/C18H17N5.C2HF3O2/c1-10-4-3-5-11(8-10)13-9-14-15(17(19)22-18(20)21-14)12-6-7-23(2)16(12)13;3-2(4,5)1(6)7/h3-9H,1-2H3,(H4,19,20,21,22);(H,6,7). The van der Waals surface area contributed by atoms with Crippen LogP contribution in [0.1, 0.15) is 5.56 Å². The second-order valence-corrected chi connectivity index (χ2v) is 6.65. The number of anilines is 2. The van der Waals surface area contributed by atoms with E-state index in [1.807, 2.05) is 25.4 Å². The number of aromatic nitrogens is 3. The zero-order valence-electron chi connectivity index (χ0n) is 16.0. The number of carbonyl (C=O) groups is 1. The number of rotatable bonds is 1. The topological polar surface area (TPSA) is 120 Å². The van der Waals surface area contributed by atoms with Gasteiger partial charge < -0.3 is 21.1 Å². The lowest BCUT2D eigenvalue weighted by Crippen LogP contribution is -2.21. The van der Waals surface area contributed by atoms with Crippen LogP contribution in [-0.4, -0.2) is 31.8 Å². The van der Waals surface area contributed by atoms with E-state index in [0.29, 0.717) is 5.82 Å². The molecule has 0 saturated heterocycles. The molecule has 0 aliphatic rings. The molecule has 0 radical (unpaired) electrons. The Morgan fingerprint density at radius 2 is 1.80 bits per heavy atom. The molecule has 7 nitrogen and oxygen atoms in total. The highest BCUT2D eigenvalue weighted by Crippen LogP contribution is 2.36. The summed E-state index contributed by atoms with van der Waals surface area (Å²) in [5, 5.41) is 9.02. The Morgan fingerprint density at radius 1 is 1.13 bits per heavy atom. The van der Waals surface area contributed by atoms with E-state index in [-0.39, 0.29) is 5.95 Å².